The molecule has 2 aromatic rings. The fraction of sp³-hybridized carbons (Fsp3) is 0.400. The fourth-order valence-corrected chi connectivity index (χ4v) is 3.08. The predicted octanol–water partition coefficient (Wildman–Crippen LogP) is 2.35. The molecule has 0 saturated carbocycles. The van der Waals surface area contributed by atoms with Crippen molar-refractivity contribution in [2.75, 3.05) is 13.1 Å². The molecule has 1 aromatic heterocycles. The van der Waals surface area contributed by atoms with Crippen molar-refractivity contribution in [2.45, 2.75) is 38.8 Å². The Kier molecular flexibility index (Phi) is 5.52. The van der Waals surface area contributed by atoms with Crippen molar-refractivity contribution >= 4 is 5.91 Å². The van der Waals surface area contributed by atoms with Crippen molar-refractivity contribution in [3.8, 4) is 11.8 Å². The SMILES string of the molecule is Cc1cc(C(=O)NC2CCC(C)N(CC#Cc3ccccc3)C2)n[nH]1. The van der Waals surface area contributed by atoms with Crippen LogP contribution in [0.1, 0.15) is 41.5 Å². The summed E-state index contributed by atoms with van der Waals surface area (Å²) in [6.07, 6.45) is 2.04. The van der Waals surface area contributed by atoms with Crippen molar-refractivity contribution in [1.82, 2.24) is 20.4 Å². The van der Waals surface area contributed by atoms with Gasteiger partial charge in [0.05, 0.1) is 6.54 Å². The van der Waals surface area contributed by atoms with E-state index in [1.165, 1.54) is 0 Å². The van der Waals surface area contributed by atoms with Gasteiger partial charge < -0.3 is 5.32 Å². The number of aryl methyl sites for hydroxylation is 1. The van der Waals surface area contributed by atoms with Crippen LogP contribution >= 0.6 is 0 Å². The molecule has 1 saturated heterocycles. The third-order valence-electron chi connectivity index (χ3n) is 4.57. The van der Waals surface area contributed by atoms with Gasteiger partial charge in [-0.25, -0.2) is 0 Å². The van der Waals surface area contributed by atoms with Crippen LogP contribution in [0.5, 0.6) is 0 Å². The number of nitrogens with zero attached hydrogens (tertiary/aromatic N) is 2. The van der Waals surface area contributed by atoms with Gasteiger partial charge in [0.2, 0.25) is 0 Å². The minimum Gasteiger partial charge on any atom is -0.347 e. The van der Waals surface area contributed by atoms with Gasteiger partial charge >= 0.3 is 0 Å². The van der Waals surface area contributed by atoms with E-state index in [0.717, 1.165) is 30.6 Å². The molecule has 1 aliphatic rings. The van der Waals surface area contributed by atoms with Crippen LogP contribution < -0.4 is 5.32 Å². The highest BCUT2D eigenvalue weighted by Gasteiger charge is 2.26. The zero-order valence-corrected chi connectivity index (χ0v) is 14.7. The van der Waals surface area contributed by atoms with Gasteiger partial charge in [0.15, 0.2) is 0 Å². The number of carbonyl (C=O) groups excluding carboxylic acids is 1. The summed E-state index contributed by atoms with van der Waals surface area (Å²) in [5.41, 5.74) is 2.37. The molecule has 25 heavy (non-hydrogen) atoms. The van der Waals surface area contributed by atoms with Crippen molar-refractivity contribution in [3.05, 3.63) is 53.3 Å². The van der Waals surface area contributed by atoms with Crippen molar-refractivity contribution in [2.24, 2.45) is 0 Å². The number of hydrogen-bond acceptors (Lipinski definition) is 3. The lowest BCUT2D eigenvalue weighted by Crippen LogP contribution is -2.51. The van der Waals surface area contributed by atoms with Crippen LogP contribution in [0, 0.1) is 18.8 Å². The minimum atomic E-state index is -0.112. The van der Waals surface area contributed by atoms with E-state index in [-0.39, 0.29) is 11.9 Å². The number of likely N-dealkylation sites (tertiary alicyclic amines) is 1. The highest BCUT2D eigenvalue weighted by atomic mass is 16.2. The smallest absolute Gasteiger partial charge is 0.272 e. The van der Waals surface area contributed by atoms with E-state index in [0.29, 0.717) is 18.3 Å². The topological polar surface area (TPSA) is 61.0 Å². The molecular formula is C20H24N4O. The lowest BCUT2D eigenvalue weighted by molar-refractivity contribution is 0.0875. The molecule has 2 N–H and O–H groups in total. The standard InChI is InChI=1S/C20H24N4O/c1-15-13-19(23-22-15)20(25)21-18-11-10-16(2)24(14-18)12-6-9-17-7-4-3-5-8-17/h3-5,7-8,13,16,18H,10-12,14H2,1-2H3,(H,21,25)(H,22,23). The van der Waals surface area contributed by atoms with Crippen LogP contribution in [0.15, 0.2) is 36.4 Å². The summed E-state index contributed by atoms with van der Waals surface area (Å²) >= 11 is 0. The van der Waals surface area contributed by atoms with Crippen molar-refractivity contribution in [3.63, 3.8) is 0 Å². The monoisotopic (exact) mass is 336 g/mol. The summed E-state index contributed by atoms with van der Waals surface area (Å²) in [4.78, 5) is 14.6. The Labute approximate surface area is 148 Å². The summed E-state index contributed by atoms with van der Waals surface area (Å²) < 4.78 is 0. The maximum absolute atomic E-state index is 12.3. The summed E-state index contributed by atoms with van der Waals surface area (Å²) in [6, 6.07) is 12.4. The van der Waals surface area contributed by atoms with E-state index in [9.17, 15) is 4.79 Å². The zero-order chi connectivity index (χ0) is 17.6. The number of hydrogen-bond donors (Lipinski definition) is 2. The largest absolute Gasteiger partial charge is 0.347 e. The first-order valence-electron chi connectivity index (χ1n) is 8.72. The fourth-order valence-electron chi connectivity index (χ4n) is 3.08. The van der Waals surface area contributed by atoms with Crippen LogP contribution in [0.25, 0.3) is 0 Å². The van der Waals surface area contributed by atoms with Gasteiger partial charge in [0.1, 0.15) is 5.69 Å². The quantitative estimate of drug-likeness (QED) is 0.846. The van der Waals surface area contributed by atoms with Gasteiger partial charge in [-0.05, 0) is 44.9 Å². The molecule has 0 bridgehead atoms. The molecule has 0 radical (unpaired) electrons. The van der Waals surface area contributed by atoms with E-state index < -0.39 is 0 Å². The van der Waals surface area contributed by atoms with E-state index >= 15 is 0 Å². The highest BCUT2D eigenvalue weighted by molar-refractivity contribution is 5.92. The van der Waals surface area contributed by atoms with E-state index in [4.69, 9.17) is 0 Å². The normalized spacial score (nSPS) is 20.6. The van der Waals surface area contributed by atoms with Crippen molar-refractivity contribution < 1.29 is 4.79 Å². The summed E-state index contributed by atoms with van der Waals surface area (Å²) in [5.74, 6) is 6.35. The second-order valence-electron chi connectivity index (χ2n) is 6.63. The predicted molar refractivity (Wildman–Crippen MR) is 98.2 cm³/mol. The molecule has 5 nitrogen and oxygen atoms in total. The Hall–Kier alpha value is -2.58. The first-order chi connectivity index (χ1) is 12.1. The molecule has 0 aliphatic carbocycles. The highest BCUT2D eigenvalue weighted by Crippen LogP contribution is 2.17. The number of H-pyrrole nitrogens is 1. The number of aromatic amines is 1. The molecule has 130 valence electrons. The van der Waals surface area contributed by atoms with E-state index in [1.807, 2.05) is 37.3 Å². The number of nitrogens with one attached hydrogen (secondary N) is 2. The summed E-state index contributed by atoms with van der Waals surface area (Å²) in [6.45, 7) is 5.64. The van der Waals surface area contributed by atoms with E-state index in [2.05, 4.69) is 39.2 Å². The first kappa shape index (κ1) is 17.2. The van der Waals surface area contributed by atoms with E-state index in [1.54, 1.807) is 6.07 Å². The van der Waals surface area contributed by atoms with Gasteiger partial charge in [-0.2, -0.15) is 5.10 Å². The zero-order valence-electron chi connectivity index (χ0n) is 14.7. The van der Waals surface area contributed by atoms with Crippen LogP contribution in [-0.2, 0) is 0 Å². The molecule has 2 heterocycles. The van der Waals surface area contributed by atoms with Gasteiger partial charge in [-0.1, -0.05) is 30.0 Å². The maximum Gasteiger partial charge on any atom is 0.272 e. The molecule has 1 aromatic carbocycles. The maximum atomic E-state index is 12.3. The average Bonchev–Trinajstić information content (AvgIpc) is 3.05. The molecular weight excluding hydrogens is 312 g/mol. The van der Waals surface area contributed by atoms with Crippen molar-refractivity contribution in [1.29, 1.82) is 0 Å². The second kappa shape index (κ2) is 8.00. The number of rotatable bonds is 3. The van der Waals surface area contributed by atoms with Gasteiger partial charge in [0.25, 0.3) is 5.91 Å². The van der Waals surface area contributed by atoms with Crippen LogP contribution in [-0.4, -0.2) is 46.2 Å². The molecule has 1 fully saturated rings. The number of piperidine rings is 1. The van der Waals surface area contributed by atoms with Gasteiger partial charge in [-0.15, -0.1) is 0 Å². The lowest BCUT2D eigenvalue weighted by Gasteiger charge is -2.37. The number of aromatic nitrogens is 2. The number of benzene rings is 1. The van der Waals surface area contributed by atoms with Crippen LogP contribution in [0.4, 0.5) is 0 Å². The summed E-state index contributed by atoms with van der Waals surface area (Å²) in [7, 11) is 0. The minimum absolute atomic E-state index is 0.112. The Morgan fingerprint density at radius 2 is 2.16 bits per heavy atom. The third-order valence-corrected chi connectivity index (χ3v) is 4.57. The van der Waals surface area contributed by atoms with Gasteiger partial charge in [0, 0.05) is 29.9 Å². The molecule has 2 atom stereocenters. The Balaban J connectivity index is 1.56. The first-order valence-corrected chi connectivity index (χ1v) is 8.72. The molecule has 3 rings (SSSR count). The lowest BCUT2D eigenvalue weighted by atomic mass is 9.99. The van der Waals surface area contributed by atoms with Crippen LogP contribution in [0.2, 0.25) is 0 Å². The average molecular weight is 336 g/mol. The number of amides is 1. The third kappa shape index (κ3) is 4.71. The van der Waals surface area contributed by atoms with Gasteiger partial charge in [-0.3, -0.25) is 14.8 Å². The summed E-state index contributed by atoms with van der Waals surface area (Å²) in [5, 5.41) is 9.93. The Morgan fingerprint density at radius 1 is 1.36 bits per heavy atom. The van der Waals surface area contributed by atoms with Crippen LogP contribution in [0.3, 0.4) is 0 Å². The number of carbonyl (C=O) groups is 1. The Morgan fingerprint density at radius 3 is 2.88 bits per heavy atom. The molecule has 1 amide bonds. The molecule has 1 aliphatic heterocycles. The molecule has 2 unspecified atom stereocenters. The molecule has 5 heteroatoms. The second-order valence-corrected chi connectivity index (χ2v) is 6.63. The Bertz CT molecular complexity index is 772. The molecule has 0 spiro atoms.